The summed E-state index contributed by atoms with van der Waals surface area (Å²) in [6.45, 7) is 6.18. The first-order chi connectivity index (χ1) is 14.5. The van der Waals surface area contributed by atoms with E-state index in [-0.39, 0.29) is 11.7 Å². The van der Waals surface area contributed by atoms with E-state index in [1.807, 2.05) is 25.1 Å². The van der Waals surface area contributed by atoms with Crippen LogP contribution in [0.5, 0.6) is 0 Å². The number of thiazole rings is 1. The molecule has 2 aromatic carbocycles. The Labute approximate surface area is 178 Å². The zero-order chi connectivity index (χ0) is 21.1. The quantitative estimate of drug-likeness (QED) is 0.642. The van der Waals surface area contributed by atoms with Gasteiger partial charge in [0.2, 0.25) is 5.91 Å². The summed E-state index contributed by atoms with van der Waals surface area (Å²) in [6.07, 6.45) is 0.396. The molecule has 0 saturated carbocycles. The van der Waals surface area contributed by atoms with Crippen molar-refractivity contribution in [2.24, 2.45) is 0 Å². The summed E-state index contributed by atoms with van der Waals surface area (Å²) in [5, 5.41) is 3.54. The molecule has 0 spiro atoms. The molecule has 3 aromatic rings. The molecule has 4 rings (SSSR count). The third-order valence-corrected chi connectivity index (χ3v) is 6.32. The molecule has 0 radical (unpaired) electrons. The monoisotopic (exact) mass is 430 g/mol. The third-order valence-electron chi connectivity index (χ3n) is 5.39. The second kappa shape index (κ2) is 9.16. The maximum Gasteiger partial charge on any atom is 0.227 e. The molecule has 1 fully saturated rings. The van der Waals surface area contributed by atoms with Gasteiger partial charge in [-0.25, -0.2) is 13.8 Å². The number of amides is 1. The fourth-order valence-electron chi connectivity index (χ4n) is 3.66. The van der Waals surface area contributed by atoms with Crippen molar-refractivity contribution < 1.29 is 13.6 Å². The number of benzene rings is 2. The van der Waals surface area contributed by atoms with Crippen molar-refractivity contribution in [2.45, 2.75) is 19.9 Å². The number of fused-ring (bicyclic) bond motifs is 1. The average Bonchev–Trinajstić information content (AvgIpc) is 3.14. The second-order valence-corrected chi connectivity index (χ2v) is 8.62. The molecular formula is C22H24F2N4OS. The van der Waals surface area contributed by atoms with Crippen LogP contribution in [0.1, 0.15) is 17.5 Å². The standard InChI is InChI=1S/C22H24F2N4OS/c1-15-3-2-4-19-21(15)26-22(30-19)25-20(29)7-8-27-9-11-28(12-10-27)14-16-13-17(23)5-6-18(16)24/h2-6,13H,7-12,14H2,1H3,(H,25,26,29). The smallest absolute Gasteiger partial charge is 0.227 e. The van der Waals surface area contributed by atoms with Gasteiger partial charge in [0.1, 0.15) is 11.6 Å². The van der Waals surface area contributed by atoms with Gasteiger partial charge in [-0.2, -0.15) is 0 Å². The van der Waals surface area contributed by atoms with Crippen LogP contribution in [0.4, 0.5) is 13.9 Å². The van der Waals surface area contributed by atoms with E-state index in [2.05, 4.69) is 20.1 Å². The van der Waals surface area contributed by atoms with Gasteiger partial charge < -0.3 is 10.2 Å². The van der Waals surface area contributed by atoms with Crippen LogP contribution >= 0.6 is 11.3 Å². The lowest BCUT2D eigenvalue weighted by molar-refractivity contribution is -0.116. The summed E-state index contributed by atoms with van der Waals surface area (Å²) in [6, 6.07) is 9.57. The molecule has 1 amide bonds. The lowest BCUT2D eigenvalue weighted by atomic mass is 10.1. The number of anilines is 1. The van der Waals surface area contributed by atoms with Crippen molar-refractivity contribution in [1.82, 2.24) is 14.8 Å². The van der Waals surface area contributed by atoms with Crippen LogP contribution in [-0.2, 0) is 11.3 Å². The molecular weight excluding hydrogens is 406 g/mol. The molecule has 8 heteroatoms. The Kier molecular flexibility index (Phi) is 6.36. The predicted molar refractivity (Wildman–Crippen MR) is 116 cm³/mol. The molecule has 0 atom stereocenters. The molecule has 0 bridgehead atoms. The predicted octanol–water partition coefficient (Wildman–Crippen LogP) is 4.03. The number of aryl methyl sites for hydroxylation is 1. The van der Waals surface area contributed by atoms with Crippen molar-refractivity contribution in [3.05, 3.63) is 59.2 Å². The number of hydrogen-bond donors (Lipinski definition) is 1. The molecule has 1 N–H and O–H groups in total. The molecule has 1 aromatic heterocycles. The summed E-state index contributed by atoms with van der Waals surface area (Å²) in [5.41, 5.74) is 2.41. The topological polar surface area (TPSA) is 48.5 Å². The van der Waals surface area contributed by atoms with Crippen LogP contribution < -0.4 is 5.32 Å². The van der Waals surface area contributed by atoms with Crippen LogP contribution in [0.25, 0.3) is 10.2 Å². The maximum absolute atomic E-state index is 13.8. The highest BCUT2D eigenvalue weighted by atomic mass is 32.1. The highest BCUT2D eigenvalue weighted by molar-refractivity contribution is 7.22. The fourth-order valence-corrected chi connectivity index (χ4v) is 4.62. The van der Waals surface area contributed by atoms with Gasteiger partial charge in [0.15, 0.2) is 5.13 Å². The first kappa shape index (κ1) is 20.8. The molecule has 0 unspecified atom stereocenters. The minimum Gasteiger partial charge on any atom is -0.302 e. The minimum absolute atomic E-state index is 0.0454. The number of rotatable bonds is 6. The summed E-state index contributed by atoms with van der Waals surface area (Å²) in [5.74, 6) is -0.837. The van der Waals surface area contributed by atoms with E-state index in [1.54, 1.807) is 0 Å². The molecule has 158 valence electrons. The van der Waals surface area contributed by atoms with E-state index in [4.69, 9.17) is 0 Å². The van der Waals surface area contributed by atoms with Crippen molar-refractivity contribution >= 4 is 32.6 Å². The summed E-state index contributed by atoms with van der Waals surface area (Å²) in [7, 11) is 0. The summed E-state index contributed by atoms with van der Waals surface area (Å²) >= 11 is 1.48. The van der Waals surface area contributed by atoms with Crippen molar-refractivity contribution in [1.29, 1.82) is 0 Å². The number of nitrogens with zero attached hydrogens (tertiary/aromatic N) is 3. The average molecular weight is 431 g/mol. The van der Waals surface area contributed by atoms with E-state index in [0.29, 0.717) is 30.2 Å². The lowest BCUT2D eigenvalue weighted by Crippen LogP contribution is -2.46. The minimum atomic E-state index is -0.417. The van der Waals surface area contributed by atoms with E-state index < -0.39 is 5.82 Å². The number of carbonyl (C=O) groups excluding carboxylic acids is 1. The van der Waals surface area contributed by atoms with Crippen molar-refractivity contribution in [2.75, 3.05) is 38.0 Å². The second-order valence-electron chi connectivity index (χ2n) is 7.59. The maximum atomic E-state index is 13.8. The van der Waals surface area contributed by atoms with Crippen LogP contribution in [0.2, 0.25) is 0 Å². The van der Waals surface area contributed by atoms with Gasteiger partial charge >= 0.3 is 0 Å². The van der Waals surface area contributed by atoms with Gasteiger partial charge in [0.25, 0.3) is 0 Å². The number of nitrogens with one attached hydrogen (secondary N) is 1. The number of aromatic nitrogens is 1. The van der Waals surface area contributed by atoms with E-state index in [9.17, 15) is 13.6 Å². The van der Waals surface area contributed by atoms with Crippen molar-refractivity contribution in [3.8, 4) is 0 Å². The van der Waals surface area contributed by atoms with Gasteiger partial charge in [-0.05, 0) is 36.8 Å². The highest BCUT2D eigenvalue weighted by Gasteiger charge is 2.19. The zero-order valence-electron chi connectivity index (χ0n) is 16.8. The Morgan fingerprint density at radius 1 is 1.13 bits per heavy atom. The molecule has 1 aliphatic heterocycles. The zero-order valence-corrected chi connectivity index (χ0v) is 17.6. The molecule has 1 aliphatic rings. The van der Waals surface area contributed by atoms with Gasteiger partial charge in [0, 0.05) is 51.3 Å². The molecule has 1 saturated heterocycles. The van der Waals surface area contributed by atoms with Crippen LogP contribution in [0.15, 0.2) is 36.4 Å². The van der Waals surface area contributed by atoms with Crippen LogP contribution in [0, 0.1) is 18.6 Å². The van der Waals surface area contributed by atoms with Gasteiger partial charge in [-0.15, -0.1) is 0 Å². The number of halogens is 2. The van der Waals surface area contributed by atoms with Crippen LogP contribution in [0.3, 0.4) is 0 Å². The number of para-hydroxylation sites is 1. The number of hydrogen-bond acceptors (Lipinski definition) is 5. The highest BCUT2D eigenvalue weighted by Crippen LogP contribution is 2.27. The Bertz CT molecular complexity index is 1050. The Morgan fingerprint density at radius 3 is 2.67 bits per heavy atom. The fraction of sp³-hybridized carbons (Fsp3) is 0.364. The Balaban J connectivity index is 1.22. The lowest BCUT2D eigenvalue weighted by Gasteiger charge is -2.34. The van der Waals surface area contributed by atoms with Crippen LogP contribution in [-0.4, -0.2) is 53.4 Å². The number of piperazine rings is 1. The summed E-state index contributed by atoms with van der Waals surface area (Å²) in [4.78, 5) is 21.2. The molecule has 2 heterocycles. The van der Waals surface area contributed by atoms with E-state index in [0.717, 1.165) is 48.0 Å². The third kappa shape index (κ3) is 5.00. The summed E-state index contributed by atoms with van der Waals surface area (Å²) < 4.78 is 28.2. The molecule has 30 heavy (non-hydrogen) atoms. The van der Waals surface area contributed by atoms with Gasteiger partial charge in [0.05, 0.1) is 10.2 Å². The normalized spacial score (nSPS) is 15.6. The first-order valence-corrected chi connectivity index (χ1v) is 10.8. The molecule has 0 aliphatic carbocycles. The SMILES string of the molecule is Cc1cccc2sc(NC(=O)CCN3CCN(Cc4cc(F)ccc4F)CC3)nc12. The van der Waals surface area contributed by atoms with Gasteiger partial charge in [-0.3, -0.25) is 9.69 Å². The Morgan fingerprint density at radius 2 is 1.90 bits per heavy atom. The number of carbonyl (C=O) groups is 1. The van der Waals surface area contributed by atoms with Crippen molar-refractivity contribution in [3.63, 3.8) is 0 Å². The Hall–Kier alpha value is -2.42. The van der Waals surface area contributed by atoms with E-state index in [1.165, 1.54) is 23.5 Å². The molecule has 5 nitrogen and oxygen atoms in total. The van der Waals surface area contributed by atoms with E-state index >= 15 is 0 Å². The first-order valence-electron chi connectivity index (χ1n) is 10.0. The van der Waals surface area contributed by atoms with Gasteiger partial charge in [-0.1, -0.05) is 23.5 Å². The largest absolute Gasteiger partial charge is 0.302 e.